The van der Waals surface area contributed by atoms with Gasteiger partial charge in [-0.1, -0.05) is 81.4 Å². The maximum atomic E-state index is 13.2. The third-order valence-corrected chi connectivity index (χ3v) is 5.52. The van der Waals surface area contributed by atoms with E-state index in [4.69, 9.17) is 0 Å². The average molecular weight is 418 g/mol. The van der Waals surface area contributed by atoms with E-state index in [9.17, 15) is 4.79 Å². The molecular formula is C27H35N3O. The number of rotatable bonds is 10. The number of hydrogen-bond donors (Lipinski definition) is 1. The van der Waals surface area contributed by atoms with Crippen molar-refractivity contribution in [3.63, 3.8) is 0 Å². The van der Waals surface area contributed by atoms with Crippen LogP contribution < -0.4 is 0 Å². The number of hydrogen-bond acceptors (Lipinski definition) is 2. The number of aryl methyl sites for hydroxylation is 2. The van der Waals surface area contributed by atoms with E-state index in [-0.39, 0.29) is 11.3 Å². The quantitative estimate of drug-likeness (QED) is 0.459. The number of imidazole rings is 1. The molecule has 2 aromatic carbocycles. The highest BCUT2D eigenvalue weighted by atomic mass is 16.2. The molecule has 0 aliphatic rings. The third kappa shape index (κ3) is 7.71. The van der Waals surface area contributed by atoms with Gasteiger partial charge in [0.05, 0.1) is 0 Å². The summed E-state index contributed by atoms with van der Waals surface area (Å²) in [5, 5.41) is 0. The Balaban J connectivity index is 1.59. The Morgan fingerprint density at radius 3 is 2.10 bits per heavy atom. The second-order valence-corrected chi connectivity index (χ2v) is 9.43. The minimum Gasteiger partial charge on any atom is -0.338 e. The predicted octanol–water partition coefficient (Wildman–Crippen LogP) is 5.71. The van der Waals surface area contributed by atoms with Gasteiger partial charge in [0, 0.05) is 25.0 Å². The molecule has 3 rings (SSSR count). The van der Waals surface area contributed by atoms with Crippen LogP contribution in [0.15, 0.2) is 66.9 Å². The minimum absolute atomic E-state index is 0.00510. The summed E-state index contributed by atoms with van der Waals surface area (Å²) < 4.78 is 0. The molecule has 31 heavy (non-hydrogen) atoms. The predicted molar refractivity (Wildman–Crippen MR) is 127 cm³/mol. The van der Waals surface area contributed by atoms with Gasteiger partial charge >= 0.3 is 0 Å². The van der Waals surface area contributed by atoms with Crippen LogP contribution in [0, 0.1) is 5.41 Å². The number of amides is 1. The number of aromatic nitrogens is 2. The van der Waals surface area contributed by atoms with Gasteiger partial charge < -0.3 is 9.88 Å². The molecule has 0 spiro atoms. The molecule has 0 atom stereocenters. The molecule has 0 aliphatic carbocycles. The van der Waals surface area contributed by atoms with E-state index < -0.39 is 0 Å². The summed E-state index contributed by atoms with van der Waals surface area (Å²) >= 11 is 0. The minimum atomic E-state index is -0.00510. The Kier molecular flexibility index (Phi) is 8.05. The van der Waals surface area contributed by atoms with Crippen molar-refractivity contribution in [2.24, 2.45) is 5.41 Å². The Morgan fingerprint density at radius 1 is 0.871 bits per heavy atom. The van der Waals surface area contributed by atoms with Crippen LogP contribution in [-0.4, -0.2) is 33.9 Å². The lowest BCUT2D eigenvalue weighted by molar-refractivity contribution is 0.0728. The summed E-state index contributed by atoms with van der Waals surface area (Å²) in [4.78, 5) is 22.9. The Hall–Kier alpha value is -2.88. The van der Waals surface area contributed by atoms with Gasteiger partial charge in [-0.25, -0.2) is 4.98 Å². The zero-order chi connectivity index (χ0) is 22.1. The fourth-order valence-electron chi connectivity index (χ4n) is 3.57. The number of H-pyrrole nitrogens is 1. The summed E-state index contributed by atoms with van der Waals surface area (Å²) in [6, 6.07) is 20.8. The van der Waals surface area contributed by atoms with E-state index >= 15 is 0 Å². The van der Waals surface area contributed by atoms with Crippen LogP contribution in [0.25, 0.3) is 0 Å². The van der Waals surface area contributed by atoms with Crippen LogP contribution in [0.4, 0.5) is 0 Å². The lowest BCUT2D eigenvalue weighted by Gasteiger charge is -2.26. The smallest absolute Gasteiger partial charge is 0.289 e. The van der Waals surface area contributed by atoms with E-state index in [1.807, 2.05) is 35.4 Å². The highest BCUT2D eigenvalue weighted by Gasteiger charge is 2.21. The zero-order valence-corrected chi connectivity index (χ0v) is 19.1. The van der Waals surface area contributed by atoms with E-state index in [1.165, 1.54) is 11.1 Å². The highest BCUT2D eigenvalue weighted by Crippen LogP contribution is 2.20. The fourth-order valence-corrected chi connectivity index (χ4v) is 3.57. The van der Waals surface area contributed by atoms with Gasteiger partial charge in [0.1, 0.15) is 0 Å². The van der Waals surface area contributed by atoms with Gasteiger partial charge in [0.15, 0.2) is 5.82 Å². The van der Waals surface area contributed by atoms with E-state index in [2.05, 4.69) is 67.1 Å². The molecule has 1 N–H and O–H groups in total. The van der Waals surface area contributed by atoms with Gasteiger partial charge in [-0.2, -0.15) is 0 Å². The van der Waals surface area contributed by atoms with Crippen molar-refractivity contribution in [2.45, 2.75) is 52.9 Å². The summed E-state index contributed by atoms with van der Waals surface area (Å²) in [6.45, 7) is 8.07. The molecule has 1 amide bonds. The van der Waals surface area contributed by atoms with Crippen molar-refractivity contribution >= 4 is 5.91 Å². The summed E-state index contributed by atoms with van der Waals surface area (Å²) in [5.74, 6) is 0.450. The average Bonchev–Trinajstić information content (AvgIpc) is 3.23. The summed E-state index contributed by atoms with van der Waals surface area (Å²) in [5.41, 5.74) is 3.79. The van der Waals surface area contributed by atoms with Crippen molar-refractivity contribution in [2.75, 3.05) is 13.1 Å². The first-order valence-corrected chi connectivity index (χ1v) is 11.3. The first-order chi connectivity index (χ1) is 14.9. The first-order valence-electron chi connectivity index (χ1n) is 11.3. The number of benzene rings is 2. The van der Waals surface area contributed by atoms with Crippen LogP contribution in [0.5, 0.6) is 0 Å². The van der Waals surface area contributed by atoms with Crippen LogP contribution >= 0.6 is 0 Å². The Labute approximate surface area is 186 Å². The molecule has 0 bridgehead atoms. The standard InChI is InChI=1S/C27H35N3O/c1-27(2,3)18-20-30(19-17-23-13-8-5-9-14-23)26(31)25-28-21-24(29-25)16-10-15-22-11-6-4-7-12-22/h4-9,11-14,21H,10,15-20H2,1-3H3,(H,28,29). The van der Waals surface area contributed by atoms with E-state index in [0.717, 1.165) is 44.3 Å². The SMILES string of the molecule is CC(C)(C)CCN(CCc1ccccc1)C(=O)c1ncc(CCCc2ccccc2)[nH]1. The Morgan fingerprint density at radius 2 is 1.48 bits per heavy atom. The molecule has 164 valence electrons. The molecule has 1 aromatic heterocycles. The van der Waals surface area contributed by atoms with Gasteiger partial charge in [0.25, 0.3) is 5.91 Å². The van der Waals surface area contributed by atoms with Gasteiger partial charge in [-0.05, 0) is 48.6 Å². The molecule has 0 unspecified atom stereocenters. The number of aromatic amines is 1. The largest absolute Gasteiger partial charge is 0.338 e. The maximum Gasteiger partial charge on any atom is 0.289 e. The van der Waals surface area contributed by atoms with Gasteiger partial charge in [0.2, 0.25) is 0 Å². The van der Waals surface area contributed by atoms with Crippen LogP contribution in [-0.2, 0) is 19.3 Å². The monoisotopic (exact) mass is 417 g/mol. The zero-order valence-electron chi connectivity index (χ0n) is 19.1. The summed E-state index contributed by atoms with van der Waals surface area (Å²) in [7, 11) is 0. The molecule has 4 heteroatoms. The molecular weight excluding hydrogens is 382 g/mol. The first kappa shape index (κ1) is 22.8. The molecule has 0 fully saturated rings. The van der Waals surface area contributed by atoms with Crippen molar-refractivity contribution in [1.82, 2.24) is 14.9 Å². The van der Waals surface area contributed by atoms with Crippen molar-refractivity contribution < 1.29 is 4.79 Å². The molecule has 0 saturated carbocycles. The van der Waals surface area contributed by atoms with Crippen LogP contribution in [0.3, 0.4) is 0 Å². The van der Waals surface area contributed by atoms with Crippen LogP contribution in [0.2, 0.25) is 0 Å². The molecule has 1 heterocycles. The molecule has 0 radical (unpaired) electrons. The lowest BCUT2D eigenvalue weighted by Crippen LogP contribution is -2.36. The topological polar surface area (TPSA) is 49.0 Å². The summed E-state index contributed by atoms with van der Waals surface area (Å²) in [6.07, 6.45) is 6.57. The lowest BCUT2D eigenvalue weighted by atomic mass is 9.92. The number of nitrogens with one attached hydrogen (secondary N) is 1. The fraction of sp³-hybridized carbons (Fsp3) is 0.407. The maximum absolute atomic E-state index is 13.2. The van der Waals surface area contributed by atoms with Crippen molar-refractivity contribution in [1.29, 1.82) is 0 Å². The third-order valence-electron chi connectivity index (χ3n) is 5.52. The van der Waals surface area contributed by atoms with E-state index in [0.29, 0.717) is 12.4 Å². The van der Waals surface area contributed by atoms with Gasteiger partial charge in [-0.15, -0.1) is 0 Å². The normalized spacial score (nSPS) is 11.5. The van der Waals surface area contributed by atoms with Crippen molar-refractivity contribution in [3.05, 3.63) is 89.5 Å². The molecule has 3 aromatic rings. The van der Waals surface area contributed by atoms with Crippen LogP contribution in [0.1, 0.15) is 61.1 Å². The molecule has 4 nitrogen and oxygen atoms in total. The number of nitrogens with zero attached hydrogens (tertiary/aromatic N) is 2. The van der Waals surface area contributed by atoms with Crippen molar-refractivity contribution in [3.8, 4) is 0 Å². The number of carbonyl (C=O) groups is 1. The Bertz CT molecular complexity index is 926. The van der Waals surface area contributed by atoms with E-state index in [1.54, 1.807) is 0 Å². The molecule has 0 saturated heterocycles. The second-order valence-electron chi connectivity index (χ2n) is 9.43. The van der Waals surface area contributed by atoms with Gasteiger partial charge in [-0.3, -0.25) is 4.79 Å². The number of carbonyl (C=O) groups excluding carboxylic acids is 1. The second kappa shape index (κ2) is 10.9. The highest BCUT2D eigenvalue weighted by molar-refractivity contribution is 5.90. The molecule has 0 aliphatic heterocycles.